The third kappa shape index (κ3) is 37.8. The molecule has 0 heterocycles. The van der Waals surface area contributed by atoms with Crippen molar-refractivity contribution in [2.24, 2.45) is 5.73 Å². The summed E-state index contributed by atoms with van der Waals surface area (Å²) in [7, 11) is -4.38. The highest BCUT2D eigenvalue weighted by atomic mass is 31.2. The molecule has 0 aromatic rings. The van der Waals surface area contributed by atoms with Gasteiger partial charge in [-0.15, -0.1) is 0 Å². The molecule has 0 saturated carbocycles. The molecule has 2 atom stereocenters. The maximum Gasteiger partial charge on any atom is 0.472 e. The molecule has 2 unspecified atom stereocenters. The van der Waals surface area contributed by atoms with E-state index in [1.807, 2.05) is 0 Å². The van der Waals surface area contributed by atoms with Crippen LogP contribution in [-0.2, 0) is 32.7 Å². The van der Waals surface area contributed by atoms with Crippen LogP contribution in [0, 0.1) is 0 Å². The molecule has 9 nitrogen and oxygen atoms in total. The zero-order chi connectivity index (χ0) is 37.5. The lowest BCUT2D eigenvalue weighted by Gasteiger charge is -2.19. The van der Waals surface area contributed by atoms with E-state index in [0.29, 0.717) is 6.42 Å². The molecule has 0 aromatic carbocycles. The Labute approximate surface area is 312 Å². The largest absolute Gasteiger partial charge is 0.472 e. The summed E-state index contributed by atoms with van der Waals surface area (Å²) in [5.41, 5.74) is 5.34. The number of phosphoric ester groups is 1. The molecule has 0 aliphatic carbocycles. The average Bonchev–Trinajstić information content (AvgIpc) is 3.11. The van der Waals surface area contributed by atoms with Crippen LogP contribution in [0.3, 0.4) is 0 Å². The van der Waals surface area contributed by atoms with Gasteiger partial charge in [-0.25, -0.2) is 4.57 Å². The summed E-state index contributed by atoms with van der Waals surface area (Å²) in [5.74, 6) is -0.845. The standard InChI is InChI=1S/C41H76NO8P/c1-3-5-7-9-11-13-15-17-19-21-23-25-27-29-31-33-40(43)47-37-39(38-49-51(45,46)48-36-35-42)50-41(44)34-32-30-28-26-24-22-20-18-16-14-12-10-8-6-4-2/h6,8,12,14,18,20,39H,3-5,7,9-11,13,15-17,19,21-38,42H2,1-2H3,(H,45,46). The Morgan fingerprint density at radius 1 is 0.608 bits per heavy atom. The summed E-state index contributed by atoms with van der Waals surface area (Å²) < 4.78 is 32.7. The number of unbranched alkanes of at least 4 members (excludes halogenated alkanes) is 19. The van der Waals surface area contributed by atoms with Crippen molar-refractivity contribution in [1.29, 1.82) is 0 Å². The summed E-state index contributed by atoms with van der Waals surface area (Å²) in [6.45, 7) is 3.60. The lowest BCUT2D eigenvalue weighted by molar-refractivity contribution is -0.161. The van der Waals surface area contributed by atoms with Gasteiger partial charge in [-0.1, -0.05) is 159 Å². The normalized spacial score (nSPS) is 13.7. The third-order valence-corrected chi connectivity index (χ3v) is 9.52. The van der Waals surface area contributed by atoms with Crippen molar-refractivity contribution in [1.82, 2.24) is 0 Å². The number of ether oxygens (including phenoxy) is 2. The first-order valence-electron chi connectivity index (χ1n) is 20.5. The molecule has 0 fully saturated rings. The number of allylic oxidation sites excluding steroid dienone is 6. The van der Waals surface area contributed by atoms with Crippen molar-refractivity contribution in [3.63, 3.8) is 0 Å². The summed E-state index contributed by atoms with van der Waals surface area (Å²) >= 11 is 0. The van der Waals surface area contributed by atoms with Gasteiger partial charge in [0.25, 0.3) is 0 Å². The first-order valence-corrected chi connectivity index (χ1v) is 22.0. The summed E-state index contributed by atoms with van der Waals surface area (Å²) in [5, 5.41) is 0. The molecule has 298 valence electrons. The van der Waals surface area contributed by atoms with E-state index in [1.165, 1.54) is 77.0 Å². The Bertz CT molecular complexity index is 939. The molecule has 0 aromatic heterocycles. The Hall–Kier alpha value is -1.77. The SMILES string of the molecule is CCC=CCC=CCC=CCCCCCCCC(=O)OC(COC(=O)CCCCCCCCCCCCCCCCC)COP(=O)(O)OCCN. The molecule has 10 heteroatoms. The van der Waals surface area contributed by atoms with Gasteiger partial charge in [0.2, 0.25) is 0 Å². The van der Waals surface area contributed by atoms with Crippen LogP contribution < -0.4 is 5.73 Å². The second-order valence-electron chi connectivity index (χ2n) is 13.5. The van der Waals surface area contributed by atoms with E-state index in [2.05, 4.69) is 50.3 Å². The Morgan fingerprint density at radius 3 is 1.61 bits per heavy atom. The maximum absolute atomic E-state index is 12.5. The number of rotatable bonds is 38. The molecule has 0 radical (unpaired) electrons. The van der Waals surface area contributed by atoms with E-state index in [1.54, 1.807) is 0 Å². The highest BCUT2D eigenvalue weighted by Gasteiger charge is 2.26. The Balaban J connectivity index is 4.20. The molecule has 0 aliphatic rings. The lowest BCUT2D eigenvalue weighted by Crippen LogP contribution is -2.29. The predicted molar refractivity (Wildman–Crippen MR) is 210 cm³/mol. The van der Waals surface area contributed by atoms with Crippen LogP contribution in [0.1, 0.15) is 181 Å². The van der Waals surface area contributed by atoms with Crippen molar-refractivity contribution >= 4 is 19.8 Å². The Kier molecular flexibility index (Phi) is 36.7. The molecule has 0 bridgehead atoms. The van der Waals surface area contributed by atoms with Crippen LogP contribution in [0.4, 0.5) is 0 Å². The minimum atomic E-state index is -4.38. The maximum atomic E-state index is 12.5. The van der Waals surface area contributed by atoms with E-state index < -0.39 is 26.5 Å². The fraction of sp³-hybridized carbons (Fsp3) is 0.805. The number of carbonyl (C=O) groups excluding carboxylic acids is 2. The predicted octanol–water partition coefficient (Wildman–Crippen LogP) is 11.4. The first kappa shape index (κ1) is 49.2. The monoisotopic (exact) mass is 742 g/mol. The van der Waals surface area contributed by atoms with Crippen LogP contribution in [0.2, 0.25) is 0 Å². The van der Waals surface area contributed by atoms with Crippen molar-refractivity contribution < 1.29 is 37.6 Å². The van der Waals surface area contributed by atoms with Crippen LogP contribution in [0.5, 0.6) is 0 Å². The molecule has 0 aliphatic heterocycles. The van der Waals surface area contributed by atoms with Crippen LogP contribution in [-0.4, -0.2) is 49.3 Å². The van der Waals surface area contributed by atoms with Crippen molar-refractivity contribution in [2.75, 3.05) is 26.4 Å². The third-order valence-electron chi connectivity index (χ3n) is 8.54. The van der Waals surface area contributed by atoms with Gasteiger partial charge in [0.15, 0.2) is 6.10 Å². The minimum Gasteiger partial charge on any atom is -0.462 e. The highest BCUT2D eigenvalue weighted by Crippen LogP contribution is 2.43. The molecule has 0 saturated heterocycles. The molecular formula is C41H76NO8P. The fourth-order valence-corrected chi connectivity index (χ4v) is 6.30. The number of esters is 2. The van der Waals surface area contributed by atoms with Gasteiger partial charge in [0.1, 0.15) is 6.61 Å². The Morgan fingerprint density at radius 2 is 1.08 bits per heavy atom. The van der Waals surface area contributed by atoms with Crippen LogP contribution in [0.15, 0.2) is 36.5 Å². The second-order valence-corrected chi connectivity index (χ2v) is 14.9. The summed E-state index contributed by atoms with van der Waals surface area (Å²) in [6, 6.07) is 0. The highest BCUT2D eigenvalue weighted by molar-refractivity contribution is 7.47. The second kappa shape index (κ2) is 38.0. The van der Waals surface area contributed by atoms with Gasteiger partial charge >= 0.3 is 19.8 Å². The summed E-state index contributed by atoms with van der Waals surface area (Å²) in [4.78, 5) is 34.8. The fourth-order valence-electron chi connectivity index (χ4n) is 5.53. The molecule has 0 rings (SSSR count). The van der Waals surface area contributed by atoms with Gasteiger partial charge in [0, 0.05) is 19.4 Å². The number of nitrogens with two attached hydrogens (primary N) is 1. The smallest absolute Gasteiger partial charge is 0.462 e. The molecule has 0 spiro atoms. The van der Waals surface area contributed by atoms with E-state index in [9.17, 15) is 19.0 Å². The van der Waals surface area contributed by atoms with Gasteiger partial charge in [-0.3, -0.25) is 18.6 Å². The number of carbonyl (C=O) groups is 2. The first-order chi connectivity index (χ1) is 24.8. The van der Waals surface area contributed by atoms with Gasteiger partial charge in [0.05, 0.1) is 13.2 Å². The van der Waals surface area contributed by atoms with Crippen LogP contribution >= 0.6 is 7.82 Å². The van der Waals surface area contributed by atoms with E-state index in [0.717, 1.165) is 70.6 Å². The van der Waals surface area contributed by atoms with E-state index >= 15 is 0 Å². The molecule has 0 amide bonds. The quantitative estimate of drug-likeness (QED) is 0.0274. The van der Waals surface area contributed by atoms with E-state index in [4.69, 9.17) is 24.3 Å². The molecular weight excluding hydrogens is 665 g/mol. The van der Waals surface area contributed by atoms with Crippen molar-refractivity contribution in [3.05, 3.63) is 36.5 Å². The van der Waals surface area contributed by atoms with Crippen molar-refractivity contribution in [2.45, 2.75) is 187 Å². The topological polar surface area (TPSA) is 134 Å². The van der Waals surface area contributed by atoms with Crippen LogP contribution in [0.25, 0.3) is 0 Å². The minimum absolute atomic E-state index is 0.0506. The van der Waals surface area contributed by atoms with Gasteiger partial charge in [-0.05, 0) is 44.9 Å². The zero-order valence-electron chi connectivity index (χ0n) is 32.6. The molecule has 3 N–H and O–H groups in total. The van der Waals surface area contributed by atoms with Crippen molar-refractivity contribution in [3.8, 4) is 0 Å². The lowest BCUT2D eigenvalue weighted by atomic mass is 10.0. The number of hydrogen-bond donors (Lipinski definition) is 2. The summed E-state index contributed by atoms with van der Waals surface area (Å²) in [6.07, 6.45) is 40.3. The number of phosphoric acid groups is 1. The van der Waals surface area contributed by atoms with Gasteiger partial charge < -0.3 is 20.1 Å². The number of hydrogen-bond acceptors (Lipinski definition) is 8. The zero-order valence-corrected chi connectivity index (χ0v) is 33.5. The molecule has 51 heavy (non-hydrogen) atoms. The average molecular weight is 742 g/mol. The van der Waals surface area contributed by atoms with E-state index in [-0.39, 0.29) is 38.6 Å². The van der Waals surface area contributed by atoms with Gasteiger partial charge in [-0.2, -0.15) is 0 Å².